The van der Waals surface area contributed by atoms with Gasteiger partial charge in [-0.2, -0.15) is 0 Å². The van der Waals surface area contributed by atoms with Crippen molar-refractivity contribution in [2.45, 2.75) is 30.2 Å². The van der Waals surface area contributed by atoms with Gasteiger partial charge in [-0.05, 0) is 42.8 Å². The second-order valence-electron chi connectivity index (χ2n) is 6.60. The number of ether oxygens (including phenoxy) is 2. The van der Waals surface area contributed by atoms with E-state index in [4.69, 9.17) is 9.47 Å². The van der Waals surface area contributed by atoms with E-state index in [-0.39, 0.29) is 23.3 Å². The first-order chi connectivity index (χ1) is 13.8. The second-order valence-corrected chi connectivity index (χ2v) is 9.43. The Labute approximate surface area is 175 Å². The quantitative estimate of drug-likeness (QED) is 0.692. The summed E-state index contributed by atoms with van der Waals surface area (Å²) in [6, 6.07) is 10.1. The van der Waals surface area contributed by atoms with Gasteiger partial charge in [0, 0.05) is 23.1 Å². The van der Waals surface area contributed by atoms with Gasteiger partial charge in [0.1, 0.15) is 0 Å². The van der Waals surface area contributed by atoms with Gasteiger partial charge in [0.25, 0.3) is 0 Å². The number of amides is 1. The molecule has 29 heavy (non-hydrogen) atoms. The number of anilines is 1. The molecule has 2 aromatic rings. The van der Waals surface area contributed by atoms with Crippen molar-refractivity contribution in [2.24, 2.45) is 5.92 Å². The maximum atomic E-state index is 12.8. The molecule has 0 saturated carbocycles. The number of sulfonamides is 1. The van der Waals surface area contributed by atoms with Crippen molar-refractivity contribution >= 4 is 33.4 Å². The molecule has 7 nitrogen and oxygen atoms in total. The van der Waals surface area contributed by atoms with Gasteiger partial charge in [-0.1, -0.05) is 13.0 Å². The van der Waals surface area contributed by atoms with Gasteiger partial charge < -0.3 is 14.8 Å². The van der Waals surface area contributed by atoms with Crippen molar-refractivity contribution in [3.8, 4) is 11.5 Å². The molecule has 0 aromatic heterocycles. The number of methoxy groups -OCH3 is 1. The Hall–Kier alpha value is -2.23. The molecule has 0 fully saturated rings. The van der Waals surface area contributed by atoms with E-state index in [1.54, 1.807) is 30.3 Å². The summed E-state index contributed by atoms with van der Waals surface area (Å²) in [5.41, 5.74) is 1.26. The van der Waals surface area contributed by atoms with Gasteiger partial charge in [0.05, 0.1) is 24.3 Å². The normalized spacial score (nSPS) is 16.5. The minimum atomic E-state index is -3.76. The monoisotopic (exact) mass is 436 g/mol. The van der Waals surface area contributed by atoms with E-state index in [1.165, 1.54) is 24.9 Å². The molecule has 2 N–H and O–H groups in total. The third-order valence-corrected chi connectivity index (χ3v) is 7.18. The number of carbonyl (C=O) groups excluding carboxylic acids is 1. The van der Waals surface area contributed by atoms with Gasteiger partial charge in [-0.3, -0.25) is 4.79 Å². The van der Waals surface area contributed by atoms with E-state index in [9.17, 15) is 13.2 Å². The smallest absolute Gasteiger partial charge is 0.240 e. The van der Waals surface area contributed by atoms with Gasteiger partial charge in [-0.15, -0.1) is 11.8 Å². The Bertz CT molecular complexity index is 1010. The van der Waals surface area contributed by atoms with E-state index in [0.29, 0.717) is 29.5 Å². The van der Waals surface area contributed by atoms with E-state index >= 15 is 0 Å². The van der Waals surface area contributed by atoms with Crippen LogP contribution in [0.25, 0.3) is 0 Å². The molecule has 1 amide bonds. The van der Waals surface area contributed by atoms with Crippen LogP contribution in [0.1, 0.15) is 19.4 Å². The van der Waals surface area contributed by atoms with Crippen molar-refractivity contribution in [1.29, 1.82) is 0 Å². The van der Waals surface area contributed by atoms with Gasteiger partial charge in [-0.25, -0.2) is 13.1 Å². The SMILES string of the molecule is CCOc1ccc(CNS(=O)(=O)c2ccc3c(c2)NC(=O)[C@H](C)CS3)cc1OC. The molecule has 2 aromatic carbocycles. The third kappa shape index (κ3) is 5.04. The van der Waals surface area contributed by atoms with E-state index in [2.05, 4.69) is 10.0 Å². The molecule has 156 valence electrons. The number of fused-ring (bicyclic) bond motifs is 1. The molecule has 9 heteroatoms. The van der Waals surface area contributed by atoms with Crippen LogP contribution in [0.15, 0.2) is 46.2 Å². The summed E-state index contributed by atoms with van der Waals surface area (Å²) in [4.78, 5) is 13.0. The Morgan fingerprint density at radius 1 is 1.21 bits per heavy atom. The number of hydrogen-bond acceptors (Lipinski definition) is 6. The zero-order valence-corrected chi connectivity index (χ0v) is 18.2. The lowest BCUT2D eigenvalue weighted by Gasteiger charge is -2.13. The molecule has 0 bridgehead atoms. The first kappa shape index (κ1) is 21.5. The zero-order valence-electron chi connectivity index (χ0n) is 16.5. The average Bonchev–Trinajstić information content (AvgIpc) is 2.85. The number of rotatable bonds is 7. The predicted octanol–water partition coefficient (Wildman–Crippen LogP) is 3.25. The van der Waals surface area contributed by atoms with E-state index in [0.717, 1.165) is 10.5 Å². The van der Waals surface area contributed by atoms with Crippen molar-refractivity contribution in [1.82, 2.24) is 4.72 Å². The van der Waals surface area contributed by atoms with Crippen LogP contribution in [0.4, 0.5) is 5.69 Å². The lowest BCUT2D eigenvalue weighted by Crippen LogP contribution is -2.24. The molecule has 0 aliphatic carbocycles. The topological polar surface area (TPSA) is 93.7 Å². The molecule has 1 aliphatic heterocycles. The lowest BCUT2D eigenvalue weighted by atomic mass is 10.2. The van der Waals surface area contributed by atoms with Gasteiger partial charge in [0.2, 0.25) is 15.9 Å². The molecular formula is C20H24N2O5S2. The number of carbonyl (C=O) groups is 1. The van der Waals surface area contributed by atoms with Crippen molar-refractivity contribution in [3.05, 3.63) is 42.0 Å². The van der Waals surface area contributed by atoms with Crippen LogP contribution in [-0.4, -0.2) is 33.8 Å². The summed E-state index contributed by atoms with van der Waals surface area (Å²) in [5.74, 6) is 1.56. The number of thioether (sulfide) groups is 1. The number of benzene rings is 2. The number of hydrogen-bond donors (Lipinski definition) is 2. The van der Waals surface area contributed by atoms with Crippen molar-refractivity contribution in [2.75, 3.05) is 24.8 Å². The largest absolute Gasteiger partial charge is 0.493 e. The first-order valence-corrected chi connectivity index (χ1v) is 11.7. The molecule has 3 rings (SSSR count). The highest BCUT2D eigenvalue weighted by Crippen LogP contribution is 2.34. The molecular weight excluding hydrogens is 412 g/mol. The van der Waals surface area contributed by atoms with E-state index < -0.39 is 10.0 Å². The maximum Gasteiger partial charge on any atom is 0.240 e. The van der Waals surface area contributed by atoms with Crippen LogP contribution in [-0.2, 0) is 21.4 Å². The highest BCUT2D eigenvalue weighted by atomic mass is 32.2. The van der Waals surface area contributed by atoms with Crippen LogP contribution in [0.5, 0.6) is 11.5 Å². The molecule has 0 radical (unpaired) electrons. The molecule has 0 saturated heterocycles. The van der Waals surface area contributed by atoms with E-state index in [1.807, 2.05) is 13.8 Å². The van der Waals surface area contributed by atoms with Gasteiger partial charge in [0.15, 0.2) is 11.5 Å². The summed E-state index contributed by atoms with van der Waals surface area (Å²) in [7, 11) is -2.22. The summed E-state index contributed by atoms with van der Waals surface area (Å²) >= 11 is 1.54. The Morgan fingerprint density at radius 2 is 2.00 bits per heavy atom. The predicted molar refractivity (Wildman–Crippen MR) is 113 cm³/mol. The lowest BCUT2D eigenvalue weighted by molar-refractivity contribution is -0.118. The minimum Gasteiger partial charge on any atom is -0.493 e. The van der Waals surface area contributed by atoms with Crippen LogP contribution in [0.3, 0.4) is 0 Å². The zero-order chi connectivity index (χ0) is 21.0. The standard InChI is InChI=1S/C20H24N2O5S2/c1-4-27-17-7-5-14(9-18(17)26-3)11-21-29(24,25)15-6-8-19-16(10-15)22-20(23)13(2)12-28-19/h5-10,13,21H,4,11-12H2,1-3H3,(H,22,23)/t13-/m1/s1. The minimum absolute atomic E-state index is 0.0975. The average molecular weight is 437 g/mol. The fraction of sp³-hybridized carbons (Fsp3) is 0.350. The molecule has 1 heterocycles. The highest BCUT2D eigenvalue weighted by molar-refractivity contribution is 7.99. The molecule has 0 spiro atoms. The van der Waals surface area contributed by atoms with Crippen molar-refractivity contribution in [3.63, 3.8) is 0 Å². The van der Waals surface area contributed by atoms with Crippen LogP contribution in [0, 0.1) is 5.92 Å². The second kappa shape index (κ2) is 9.06. The van der Waals surface area contributed by atoms with Crippen LogP contribution < -0.4 is 19.5 Å². The highest BCUT2D eigenvalue weighted by Gasteiger charge is 2.23. The Morgan fingerprint density at radius 3 is 2.72 bits per heavy atom. The first-order valence-electron chi connectivity index (χ1n) is 9.21. The summed E-state index contributed by atoms with van der Waals surface area (Å²) < 4.78 is 38.9. The summed E-state index contributed by atoms with van der Waals surface area (Å²) in [5, 5.41) is 2.81. The summed E-state index contributed by atoms with van der Waals surface area (Å²) in [6.07, 6.45) is 0. The van der Waals surface area contributed by atoms with Crippen molar-refractivity contribution < 1.29 is 22.7 Å². The Balaban J connectivity index is 1.77. The fourth-order valence-electron chi connectivity index (χ4n) is 2.80. The Kier molecular flexibility index (Phi) is 6.71. The number of nitrogens with one attached hydrogen (secondary N) is 2. The van der Waals surface area contributed by atoms with Crippen LogP contribution >= 0.6 is 11.8 Å². The molecule has 1 aliphatic rings. The van der Waals surface area contributed by atoms with Gasteiger partial charge >= 0.3 is 0 Å². The molecule has 0 unspecified atom stereocenters. The summed E-state index contributed by atoms with van der Waals surface area (Å²) in [6.45, 7) is 4.33. The third-order valence-electron chi connectivity index (χ3n) is 4.45. The maximum absolute atomic E-state index is 12.8. The molecule has 1 atom stereocenters. The fourth-order valence-corrected chi connectivity index (χ4v) is 4.86. The van der Waals surface area contributed by atoms with Crippen LogP contribution in [0.2, 0.25) is 0 Å².